The van der Waals surface area contributed by atoms with Gasteiger partial charge in [0.05, 0.1) is 18.6 Å². The summed E-state index contributed by atoms with van der Waals surface area (Å²) in [5.74, 6) is 0.448. The first-order chi connectivity index (χ1) is 8.69. The van der Waals surface area contributed by atoms with E-state index in [1.54, 1.807) is 17.1 Å². The second kappa shape index (κ2) is 5.35. The minimum atomic E-state index is -0.384. The van der Waals surface area contributed by atoms with E-state index in [0.717, 1.165) is 17.0 Å². The number of carbonyl (C=O) groups is 1. The summed E-state index contributed by atoms with van der Waals surface area (Å²) < 4.78 is 7.03. The zero-order valence-corrected chi connectivity index (χ0v) is 10.2. The van der Waals surface area contributed by atoms with Crippen LogP contribution >= 0.6 is 0 Å². The van der Waals surface area contributed by atoms with Crippen molar-refractivity contribution in [2.45, 2.75) is 13.5 Å². The molecule has 2 rings (SSSR count). The van der Waals surface area contributed by atoms with Crippen LogP contribution in [0.2, 0.25) is 0 Å². The molecule has 18 heavy (non-hydrogen) atoms. The predicted molar refractivity (Wildman–Crippen MR) is 68.0 cm³/mol. The van der Waals surface area contributed by atoms with Gasteiger partial charge < -0.3 is 15.0 Å². The summed E-state index contributed by atoms with van der Waals surface area (Å²) in [6.07, 6.45) is 3.39. The molecule has 5 heteroatoms. The van der Waals surface area contributed by atoms with Crippen LogP contribution in [0.25, 0.3) is 11.3 Å². The number of nitrogens with zero attached hydrogens (tertiary/aromatic N) is 2. The van der Waals surface area contributed by atoms with Crippen molar-refractivity contribution in [1.29, 1.82) is 0 Å². The number of nitrogens with two attached hydrogens (primary N) is 1. The largest absolute Gasteiger partial charge is 0.494 e. The van der Waals surface area contributed by atoms with Gasteiger partial charge in [0.25, 0.3) is 0 Å². The van der Waals surface area contributed by atoms with E-state index in [2.05, 4.69) is 4.98 Å². The molecule has 1 aromatic carbocycles. The van der Waals surface area contributed by atoms with E-state index in [0.29, 0.717) is 6.61 Å². The van der Waals surface area contributed by atoms with Crippen LogP contribution in [-0.2, 0) is 11.3 Å². The monoisotopic (exact) mass is 245 g/mol. The minimum Gasteiger partial charge on any atom is -0.494 e. The maximum absolute atomic E-state index is 10.8. The predicted octanol–water partition coefficient (Wildman–Crippen LogP) is 1.43. The Bertz CT molecular complexity index is 531. The van der Waals surface area contributed by atoms with Crippen LogP contribution in [0.4, 0.5) is 0 Å². The van der Waals surface area contributed by atoms with Crippen molar-refractivity contribution in [3.05, 3.63) is 36.8 Å². The number of amides is 1. The standard InChI is InChI=1S/C13H15N3O2/c1-2-18-11-5-3-10(4-6-11)12-7-16(9-15-12)8-13(14)17/h3-7,9H,2,8H2,1H3,(H2,14,17). The Labute approximate surface area is 105 Å². The molecule has 0 aliphatic carbocycles. The number of hydrogen-bond donors (Lipinski definition) is 1. The molecule has 0 spiro atoms. The number of benzene rings is 1. The summed E-state index contributed by atoms with van der Waals surface area (Å²) in [5.41, 5.74) is 6.90. The number of ether oxygens (including phenoxy) is 1. The van der Waals surface area contributed by atoms with Gasteiger partial charge in [-0.2, -0.15) is 0 Å². The Morgan fingerprint density at radius 3 is 2.72 bits per heavy atom. The fourth-order valence-corrected chi connectivity index (χ4v) is 1.66. The highest BCUT2D eigenvalue weighted by atomic mass is 16.5. The van der Waals surface area contributed by atoms with Crippen LogP contribution in [0.1, 0.15) is 6.92 Å². The first-order valence-corrected chi connectivity index (χ1v) is 5.72. The van der Waals surface area contributed by atoms with Gasteiger partial charge in [-0.3, -0.25) is 4.79 Å². The highest BCUT2D eigenvalue weighted by Crippen LogP contribution is 2.20. The third-order valence-corrected chi connectivity index (χ3v) is 2.43. The van der Waals surface area contributed by atoms with Crippen LogP contribution in [0.5, 0.6) is 5.75 Å². The molecule has 2 N–H and O–H groups in total. The number of aromatic nitrogens is 2. The minimum absolute atomic E-state index is 0.143. The van der Waals surface area contributed by atoms with Gasteiger partial charge in [-0.25, -0.2) is 4.98 Å². The average Bonchev–Trinajstić information content (AvgIpc) is 2.78. The molecule has 0 atom stereocenters. The molecule has 0 bridgehead atoms. The summed E-state index contributed by atoms with van der Waals surface area (Å²) in [4.78, 5) is 15.0. The van der Waals surface area contributed by atoms with Gasteiger partial charge in [0.1, 0.15) is 12.3 Å². The lowest BCUT2D eigenvalue weighted by molar-refractivity contribution is -0.118. The molecular formula is C13H15N3O2. The third-order valence-electron chi connectivity index (χ3n) is 2.43. The molecule has 1 amide bonds. The van der Waals surface area contributed by atoms with Crippen molar-refractivity contribution in [2.75, 3.05) is 6.61 Å². The highest BCUT2D eigenvalue weighted by molar-refractivity contribution is 5.73. The number of rotatable bonds is 5. The number of imidazole rings is 1. The van der Waals surface area contributed by atoms with Crippen LogP contribution in [0, 0.1) is 0 Å². The highest BCUT2D eigenvalue weighted by Gasteiger charge is 2.04. The SMILES string of the molecule is CCOc1ccc(-c2cn(CC(N)=O)cn2)cc1. The lowest BCUT2D eigenvalue weighted by Gasteiger charge is -2.03. The molecule has 0 aliphatic rings. The van der Waals surface area contributed by atoms with Crippen LogP contribution in [0.3, 0.4) is 0 Å². The van der Waals surface area contributed by atoms with E-state index in [1.807, 2.05) is 31.2 Å². The van der Waals surface area contributed by atoms with Gasteiger partial charge in [0.15, 0.2) is 0 Å². The van der Waals surface area contributed by atoms with Crippen molar-refractivity contribution in [3.8, 4) is 17.0 Å². The first kappa shape index (κ1) is 12.2. The van der Waals surface area contributed by atoms with Gasteiger partial charge in [0.2, 0.25) is 5.91 Å². The Hall–Kier alpha value is -2.30. The average molecular weight is 245 g/mol. The molecule has 0 unspecified atom stereocenters. The second-order valence-electron chi connectivity index (χ2n) is 3.85. The maximum atomic E-state index is 10.8. The summed E-state index contributed by atoms with van der Waals surface area (Å²) in [6, 6.07) is 7.65. The fraction of sp³-hybridized carbons (Fsp3) is 0.231. The van der Waals surface area contributed by atoms with E-state index in [4.69, 9.17) is 10.5 Å². The number of primary amides is 1. The topological polar surface area (TPSA) is 70.1 Å². The molecule has 2 aromatic rings. The van der Waals surface area contributed by atoms with E-state index in [1.165, 1.54) is 0 Å². The molecular weight excluding hydrogens is 230 g/mol. The Balaban J connectivity index is 2.15. The number of carbonyl (C=O) groups excluding carboxylic acids is 1. The molecule has 1 aromatic heterocycles. The first-order valence-electron chi connectivity index (χ1n) is 5.72. The zero-order valence-electron chi connectivity index (χ0n) is 10.2. The summed E-state index contributed by atoms with van der Waals surface area (Å²) in [7, 11) is 0. The normalized spacial score (nSPS) is 10.3. The van der Waals surface area contributed by atoms with Gasteiger partial charge in [-0.1, -0.05) is 0 Å². The second-order valence-corrected chi connectivity index (χ2v) is 3.85. The maximum Gasteiger partial charge on any atom is 0.237 e. The van der Waals surface area contributed by atoms with Crippen LogP contribution in [0.15, 0.2) is 36.8 Å². The van der Waals surface area contributed by atoms with Gasteiger partial charge in [-0.15, -0.1) is 0 Å². The van der Waals surface area contributed by atoms with Crippen molar-refractivity contribution in [3.63, 3.8) is 0 Å². The van der Waals surface area contributed by atoms with Crippen molar-refractivity contribution in [2.24, 2.45) is 5.73 Å². The Kier molecular flexibility index (Phi) is 3.62. The molecule has 0 radical (unpaired) electrons. The van der Waals surface area contributed by atoms with E-state index in [9.17, 15) is 4.79 Å². The molecule has 0 aliphatic heterocycles. The van der Waals surface area contributed by atoms with Crippen LogP contribution in [-0.4, -0.2) is 22.1 Å². The van der Waals surface area contributed by atoms with Crippen molar-refractivity contribution >= 4 is 5.91 Å². The zero-order chi connectivity index (χ0) is 13.0. The molecule has 5 nitrogen and oxygen atoms in total. The summed E-state index contributed by atoms with van der Waals surface area (Å²) in [6.45, 7) is 2.73. The molecule has 94 valence electrons. The molecule has 0 saturated heterocycles. The lowest BCUT2D eigenvalue weighted by Crippen LogP contribution is -2.17. The van der Waals surface area contributed by atoms with E-state index >= 15 is 0 Å². The molecule has 1 heterocycles. The quantitative estimate of drug-likeness (QED) is 0.866. The van der Waals surface area contributed by atoms with Crippen LogP contribution < -0.4 is 10.5 Å². The van der Waals surface area contributed by atoms with Gasteiger partial charge in [0, 0.05) is 11.8 Å². The number of hydrogen-bond acceptors (Lipinski definition) is 3. The third kappa shape index (κ3) is 2.88. The summed E-state index contributed by atoms with van der Waals surface area (Å²) in [5, 5.41) is 0. The van der Waals surface area contributed by atoms with Gasteiger partial charge in [-0.05, 0) is 31.2 Å². The lowest BCUT2D eigenvalue weighted by atomic mass is 10.2. The Morgan fingerprint density at radius 1 is 1.39 bits per heavy atom. The van der Waals surface area contributed by atoms with Crippen molar-refractivity contribution < 1.29 is 9.53 Å². The van der Waals surface area contributed by atoms with Gasteiger partial charge >= 0.3 is 0 Å². The molecule has 0 fully saturated rings. The Morgan fingerprint density at radius 2 is 2.11 bits per heavy atom. The van der Waals surface area contributed by atoms with Crippen molar-refractivity contribution in [1.82, 2.24) is 9.55 Å². The fourth-order valence-electron chi connectivity index (χ4n) is 1.66. The van der Waals surface area contributed by atoms with E-state index < -0.39 is 0 Å². The summed E-state index contributed by atoms with van der Waals surface area (Å²) >= 11 is 0. The smallest absolute Gasteiger partial charge is 0.237 e. The van der Waals surface area contributed by atoms with E-state index in [-0.39, 0.29) is 12.5 Å². The molecule has 0 saturated carbocycles.